The number of thioether (sulfide) groups is 1. The Hall–Kier alpha value is -2.34. The van der Waals surface area contributed by atoms with E-state index >= 15 is 0 Å². The fourth-order valence-electron chi connectivity index (χ4n) is 2.17. The predicted molar refractivity (Wildman–Crippen MR) is 97.2 cm³/mol. The number of amides is 1. The van der Waals surface area contributed by atoms with Gasteiger partial charge < -0.3 is 10.1 Å². The zero-order chi connectivity index (χ0) is 18.4. The van der Waals surface area contributed by atoms with Gasteiger partial charge in [-0.15, -0.1) is 11.8 Å². The van der Waals surface area contributed by atoms with E-state index in [4.69, 9.17) is 4.74 Å². The number of rotatable bonds is 6. The van der Waals surface area contributed by atoms with Crippen LogP contribution in [0.25, 0.3) is 0 Å². The van der Waals surface area contributed by atoms with E-state index in [-0.39, 0.29) is 11.6 Å². The van der Waals surface area contributed by atoms with Gasteiger partial charge in [0.15, 0.2) is 6.10 Å². The summed E-state index contributed by atoms with van der Waals surface area (Å²) in [5, 5.41) is 2.74. The summed E-state index contributed by atoms with van der Waals surface area (Å²) in [7, 11) is 0. The van der Waals surface area contributed by atoms with Crippen LogP contribution in [0.5, 0.6) is 0 Å². The van der Waals surface area contributed by atoms with E-state index in [1.807, 2.05) is 32.0 Å². The number of benzene rings is 2. The summed E-state index contributed by atoms with van der Waals surface area (Å²) in [5.74, 6) is -1.43. The quantitative estimate of drug-likeness (QED) is 0.622. The van der Waals surface area contributed by atoms with Crippen molar-refractivity contribution < 1.29 is 18.7 Å². The van der Waals surface area contributed by atoms with E-state index in [1.165, 1.54) is 13.0 Å². The number of carbonyl (C=O) groups excluding carboxylic acids is 2. The second-order valence-corrected chi connectivity index (χ2v) is 6.68. The summed E-state index contributed by atoms with van der Waals surface area (Å²) in [6.45, 7) is 5.37. The van der Waals surface area contributed by atoms with E-state index in [2.05, 4.69) is 5.32 Å². The summed E-state index contributed by atoms with van der Waals surface area (Å²) in [6.07, 6.45) is -0.936. The van der Waals surface area contributed by atoms with Crippen LogP contribution in [-0.2, 0) is 14.3 Å². The van der Waals surface area contributed by atoms with E-state index < -0.39 is 18.0 Å². The Bertz CT molecular complexity index is 779. The van der Waals surface area contributed by atoms with Crippen LogP contribution in [0.15, 0.2) is 47.4 Å². The molecular weight excluding hydrogens is 341 g/mol. The smallest absolute Gasteiger partial charge is 0.317 e. The molecule has 0 unspecified atom stereocenters. The predicted octanol–water partition coefficient (Wildman–Crippen LogP) is 4.11. The van der Waals surface area contributed by atoms with Crippen molar-refractivity contribution >= 4 is 29.3 Å². The lowest BCUT2D eigenvalue weighted by Gasteiger charge is -2.15. The lowest BCUT2D eigenvalue weighted by Crippen LogP contribution is -2.30. The molecule has 0 heterocycles. The molecule has 0 aromatic heterocycles. The Balaban J connectivity index is 1.85. The van der Waals surface area contributed by atoms with Crippen LogP contribution in [0.4, 0.5) is 10.1 Å². The average Bonchev–Trinajstić information content (AvgIpc) is 2.56. The molecular formula is C19H20FNO3S. The third-order valence-electron chi connectivity index (χ3n) is 3.50. The van der Waals surface area contributed by atoms with Crippen LogP contribution in [0.1, 0.15) is 18.1 Å². The molecule has 25 heavy (non-hydrogen) atoms. The molecule has 0 spiro atoms. The maximum atomic E-state index is 13.5. The zero-order valence-corrected chi connectivity index (χ0v) is 15.2. The fraction of sp³-hybridized carbons (Fsp3) is 0.263. The fourth-order valence-corrected chi connectivity index (χ4v) is 2.89. The van der Waals surface area contributed by atoms with Gasteiger partial charge in [0, 0.05) is 10.6 Å². The van der Waals surface area contributed by atoms with E-state index in [0.29, 0.717) is 10.6 Å². The maximum absolute atomic E-state index is 13.5. The third kappa shape index (κ3) is 5.60. The van der Waals surface area contributed by atoms with E-state index in [1.54, 1.807) is 18.2 Å². The van der Waals surface area contributed by atoms with Crippen molar-refractivity contribution in [1.82, 2.24) is 0 Å². The van der Waals surface area contributed by atoms with Gasteiger partial charge in [-0.3, -0.25) is 9.59 Å². The Morgan fingerprint density at radius 2 is 1.92 bits per heavy atom. The molecule has 4 nitrogen and oxygen atoms in total. The Morgan fingerprint density at radius 1 is 1.20 bits per heavy atom. The number of halogens is 1. The number of esters is 1. The summed E-state index contributed by atoms with van der Waals surface area (Å²) in [5.41, 5.74) is 2.71. The van der Waals surface area contributed by atoms with Gasteiger partial charge in [-0.1, -0.05) is 29.8 Å². The standard InChI is InChI=1S/C19H20FNO3S/c1-12-8-9-16(13(2)10-12)21-19(23)14(3)24-18(22)11-25-17-7-5-4-6-15(17)20/h4-10,14H,11H2,1-3H3,(H,21,23)/t14-/m1/s1. The first-order valence-corrected chi connectivity index (χ1v) is 8.80. The minimum atomic E-state index is -0.936. The van der Waals surface area contributed by atoms with Gasteiger partial charge in [0.1, 0.15) is 5.82 Å². The largest absolute Gasteiger partial charge is 0.452 e. The highest BCUT2D eigenvalue weighted by atomic mass is 32.2. The molecule has 1 amide bonds. The molecule has 0 fully saturated rings. The second-order valence-electron chi connectivity index (χ2n) is 5.66. The van der Waals surface area contributed by atoms with Crippen molar-refractivity contribution in [2.24, 2.45) is 0 Å². The van der Waals surface area contributed by atoms with Crippen molar-refractivity contribution in [3.8, 4) is 0 Å². The molecule has 0 saturated heterocycles. The molecule has 0 aliphatic carbocycles. The van der Waals surface area contributed by atoms with Crippen molar-refractivity contribution in [3.63, 3.8) is 0 Å². The van der Waals surface area contributed by atoms with Crippen LogP contribution < -0.4 is 5.32 Å². The number of anilines is 1. The second kappa shape index (κ2) is 8.67. The molecule has 2 aromatic carbocycles. The first kappa shape index (κ1) is 19.0. The van der Waals surface area contributed by atoms with Crippen LogP contribution in [0.3, 0.4) is 0 Å². The minimum absolute atomic E-state index is 0.0673. The van der Waals surface area contributed by atoms with E-state index in [0.717, 1.165) is 22.9 Å². The molecule has 6 heteroatoms. The molecule has 0 aliphatic rings. The van der Waals surface area contributed by atoms with Gasteiger partial charge in [-0.2, -0.15) is 0 Å². The summed E-state index contributed by atoms with van der Waals surface area (Å²) in [4.78, 5) is 24.4. The zero-order valence-electron chi connectivity index (χ0n) is 14.3. The van der Waals surface area contributed by atoms with Crippen molar-refractivity contribution in [2.45, 2.75) is 31.8 Å². The molecule has 0 radical (unpaired) electrons. The van der Waals surface area contributed by atoms with Gasteiger partial charge in [0.2, 0.25) is 0 Å². The summed E-state index contributed by atoms with van der Waals surface area (Å²) >= 11 is 1.04. The summed E-state index contributed by atoms with van der Waals surface area (Å²) in [6, 6.07) is 11.8. The van der Waals surface area contributed by atoms with Crippen molar-refractivity contribution in [2.75, 3.05) is 11.1 Å². The topological polar surface area (TPSA) is 55.4 Å². The highest BCUT2D eigenvalue weighted by Gasteiger charge is 2.19. The number of hydrogen-bond donors (Lipinski definition) is 1. The maximum Gasteiger partial charge on any atom is 0.317 e. The van der Waals surface area contributed by atoms with Crippen LogP contribution in [0.2, 0.25) is 0 Å². The third-order valence-corrected chi connectivity index (χ3v) is 4.52. The molecule has 0 aliphatic heterocycles. The highest BCUT2D eigenvalue weighted by Crippen LogP contribution is 2.21. The Labute approximate surface area is 150 Å². The number of carbonyl (C=O) groups is 2. The number of nitrogens with one attached hydrogen (secondary N) is 1. The number of hydrogen-bond acceptors (Lipinski definition) is 4. The van der Waals surface area contributed by atoms with E-state index in [9.17, 15) is 14.0 Å². The van der Waals surface area contributed by atoms with Gasteiger partial charge in [0.25, 0.3) is 5.91 Å². The van der Waals surface area contributed by atoms with Crippen LogP contribution in [0, 0.1) is 19.7 Å². The first-order valence-electron chi connectivity index (χ1n) is 7.81. The normalized spacial score (nSPS) is 11.7. The van der Waals surface area contributed by atoms with Gasteiger partial charge in [-0.25, -0.2) is 4.39 Å². The Kier molecular flexibility index (Phi) is 6.58. The summed E-state index contributed by atoms with van der Waals surface area (Å²) < 4.78 is 18.6. The lowest BCUT2D eigenvalue weighted by molar-refractivity contribution is -0.150. The van der Waals surface area contributed by atoms with Crippen LogP contribution >= 0.6 is 11.8 Å². The molecule has 1 N–H and O–H groups in total. The molecule has 2 aromatic rings. The van der Waals surface area contributed by atoms with Crippen LogP contribution in [-0.4, -0.2) is 23.7 Å². The van der Waals surface area contributed by atoms with Gasteiger partial charge in [-0.05, 0) is 44.5 Å². The molecule has 0 bridgehead atoms. The SMILES string of the molecule is Cc1ccc(NC(=O)[C@@H](C)OC(=O)CSc2ccccc2F)c(C)c1. The monoisotopic (exact) mass is 361 g/mol. The number of aryl methyl sites for hydroxylation is 2. The average molecular weight is 361 g/mol. The lowest BCUT2D eigenvalue weighted by atomic mass is 10.1. The molecule has 0 saturated carbocycles. The molecule has 132 valence electrons. The Morgan fingerprint density at radius 3 is 2.60 bits per heavy atom. The molecule has 2 rings (SSSR count). The highest BCUT2D eigenvalue weighted by molar-refractivity contribution is 8.00. The molecule has 1 atom stereocenters. The number of ether oxygens (including phenoxy) is 1. The first-order chi connectivity index (χ1) is 11.9. The van der Waals surface area contributed by atoms with Crippen molar-refractivity contribution in [1.29, 1.82) is 0 Å². The van der Waals surface area contributed by atoms with Crippen molar-refractivity contribution in [3.05, 3.63) is 59.4 Å². The van der Waals surface area contributed by atoms with Gasteiger partial charge >= 0.3 is 5.97 Å². The minimum Gasteiger partial charge on any atom is -0.452 e. The van der Waals surface area contributed by atoms with Gasteiger partial charge in [0.05, 0.1) is 5.75 Å².